The van der Waals surface area contributed by atoms with E-state index >= 15 is 0 Å². The second-order valence-electron chi connectivity index (χ2n) is 14.1. The standard InChI is InChI=1S/C50H29N7/c1-31-22-41(44-27-43(34-12-8-10-32(23-34)28-51)54-50(55-44)35-13-9-11-33(24-35)29-52)36(30-53)25-49(31)57-47-19-7-4-16-40(47)42-26-37(20-21-48(42)57)56-45-17-5-2-14-38(45)39-15-3-6-18-46(39)56/h2-27H,1H3. The molecule has 0 saturated carbocycles. The first kappa shape index (κ1) is 33.3. The Bertz CT molecular complexity index is 3290. The van der Waals surface area contributed by atoms with Gasteiger partial charge < -0.3 is 9.13 Å². The van der Waals surface area contributed by atoms with Gasteiger partial charge in [-0.2, -0.15) is 15.8 Å². The Morgan fingerprint density at radius 3 is 1.67 bits per heavy atom. The summed E-state index contributed by atoms with van der Waals surface area (Å²) in [5.41, 5.74) is 12.0. The normalized spacial score (nSPS) is 11.2. The summed E-state index contributed by atoms with van der Waals surface area (Å²) in [6, 6.07) is 59.2. The van der Waals surface area contributed by atoms with Crippen LogP contribution in [0.5, 0.6) is 0 Å². The largest absolute Gasteiger partial charge is 0.309 e. The molecule has 57 heavy (non-hydrogen) atoms. The van der Waals surface area contributed by atoms with Crippen molar-refractivity contribution in [1.82, 2.24) is 19.1 Å². The molecule has 0 amide bonds. The molecule has 0 unspecified atom stereocenters. The predicted octanol–water partition coefficient (Wildman–Crippen LogP) is 11.6. The molecule has 0 radical (unpaired) electrons. The number of nitrogens with zero attached hydrogens (tertiary/aromatic N) is 7. The van der Waals surface area contributed by atoms with Crippen molar-refractivity contribution in [2.24, 2.45) is 0 Å². The zero-order chi connectivity index (χ0) is 38.6. The Labute approximate surface area is 327 Å². The number of para-hydroxylation sites is 3. The van der Waals surface area contributed by atoms with Crippen LogP contribution >= 0.6 is 0 Å². The monoisotopic (exact) mass is 727 g/mol. The van der Waals surface area contributed by atoms with Crippen molar-refractivity contribution in [2.75, 3.05) is 0 Å². The topological polar surface area (TPSA) is 107 Å². The molecule has 0 fully saturated rings. The van der Waals surface area contributed by atoms with Gasteiger partial charge in [0.05, 0.1) is 74.0 Å². The molecule has 0 N–H and O–H groups in total. The van der Waals surface area contributed by atoms with Gasteiger partial charge in [-0.1, -0.05) is 78.9 Å². The third kappa shape index (κ3) is 5.41. The van der Waals surface area contributed by atoms with Gasteiger partial charge in [0.15, 0.2) is 5.82 Å². The molecule has 0 saturated heterocycles. The zero-order valence-corrected chi connectivity index (χ0v) is 30.6. The molecular formula is C50H29N7. The highest BCUT2D eigenvalue weighted by Crippen LogP contribution is 2.39. The first-order valence-electron chi connectivity index (χ1n) is 18.5. The lowest BCUT2D eigenvalue weighted by atomic mass is 9.98. The SMILES string of the molecule is Cc1cc(-c2cc(-c3cccc(C#N)c3)nc(-c3cccc(C#N)c3)n2)c(C#N)cc1-n1c2ccccc2c2cc(-n3c4ccccc4c4ccccc43)ccc21. The number of aromatic nitrogens is 4. The lowest BCUT2D eigenvalue weighted by Crippen LogP contribution is -2.02. The third-order valence-corrected chi connectivity index (χ3v) is 10.7. The van der Waals surface area contributed by atoms with E-state index in [0.717, 1.165) is 55.3 Å². The first-order valence-corrected chi connectivity index (χ1v) is 18.5. The number of aryl methyl sites for hydroxylation is 1. The highest BCUT2D eigenvalue weighted by atomic mass is 15.0. The molecule has 0 spiro atoms. The first-order chi connectivity index (χ1) is 28.0. The smallest absolute Gasteiger partial charge is 0.160 e. The van der Waals surface area contributed by atoms with Crippen LogP contribution in [0.4, 0.5) is 0 Å². The fourth-order valence-corrected chi connectivity index (χ4v) is 8.14. The van der Waals surface area contributed by atoms with Crippen LogP contribution in [0.2, 0.25) is 0 Å². The summed E-state index contributed by atoms with van der Waals surface area (Å²) in [4.78, 5) is 9.89. The van der Waals surface area contributed by atoms with E-state index in [2.05, 4.69) is 119 Å². The van der Waals surface area contributed by atoms with Crippen LogP contribution in [0.1, 0.15) is 22.3 Å². The molecule has 0 aliphatic heterocycles. The molecule has 0 bridgehead atoms. The Morgan fingerprint density at radius 1 is 0.456 bits per heavy atom. The highest BCUT2D eigenvalue weighted by Gasteiger charge is 2.20. The molecule has 0 aliphatic carbocycles. The molecule has 0 atom stereocenters. The number of benzene rings is 7. The van der Waals surface area contributed by atoms with Gasteiger partial charge in [0.1, 0.15) is 0 Å². The van der Waals surface area contributed by atoms with E-state index in [9.17, 15) is 15.8 Å². The quantitative estimate of drug-likeness (QED) is 0.175. The maximum Gasteiger partial charge on any atom is 0.160 e. The van der Waals surface area contributed by atoms with Gasteiger partial charge in [-0.3, -0.25) is 0 Å². The lowest BCUT2D eigenvalue weighted by molar-refractivity contribution is 1.14. The van der Waals surface area contributed by atoms with E-state index in [4.69, 9.17) is 9.97 Å². The predicted molar refractivity (Wildman–Crippen MR) is 226 cm³/mol. The van der Waals surface area contributed by atoms with Gasteiger partial charge in [0.2, 0.25) is 0 Å². The van der Waals surface area contributed by atoms with Gasteiger partial charge >= 0.3 is 0 Å². The number of hydrogen-bond acceptors (Lipinski definition) is 5. The Balaban J connectivity index is 1.16. The summed E-state index contributed by atoms with van der Waals surface area (Å²) in [5, 5.41) is 34.7. The van der Waals surface area contributed by atoms with Gasteiger partial charge in [0, 0.05) is 43.9 Å². The maximum absolute atomic E-state index is 10.8. The van der Waals surface area contributed by atoms with Crippen molar-refractivity contribution in [3.8, 4) is 63.5 Å². The van der Waals surface area contributed by atoms with Crippen LogP contribution in [0.15, 0.2) is 158 Å². The lowest BCUT2D eigenvalue weighted by Gasteiger charge is -2.16. The summed E-state index contributed by atoms with van der Waals surface area (Å²) in [5.74, 6) is 0.411. The van der Waals surface area contributed by atoms with Crippen molar-refractivity contribution in [2.45, 2.75) is 6.92 Å². The van der Waals surface area contributed by atoms with Crippen molar-refractivity contribution in [3.63, 3.8) is 0 Å². The molecule has 7 aromatic carbocycles. The van der Waals surface area contributed by atoms with Crippen molar-refractivity contribution >= 4 is 43.6 Å². The molecule has 7 heteroatoms. The van der Waals surface area contributed by atoms with E-state index in [1.165, 1.54) is 10.8 Å². The van der Waals surface area contributed by atoms with Gasteiger partial charge in [-0.15, -0.1) is 0 Å². The van der Waals surface area contributed by atoms with Crippen molar-refractivity contribution in [1.29, 1.82) is 15.8 Å². The zero-order valence-electron chi connectivity index (χ0n) is 30.6. The minimum atomic E-state index is 0.411. The van der Waals surface area contributed by atoms with E-state index in [1.807, 2.05) is 42.5 Å². The van der Waals surface area contributed by atoms with Crippen LogP contribution in [-0.4, -0.2) is 19.1 Å². The second-order valence-corrected chi connectivity index (χ2v) is 14.1. The van der Waals surface area contributed by atoms with Crippen LogP contribution in [-0.2, 0) is 0 Å². The Hall–Kier alpha value is -8.31. The fourth-order valence-electron chi connectivity index (χ4n) is 8.14. The number of nitriles is 3. The summed E-state index contributed by atoms with van der Waals surface area (Å²) >= 11 is 0. The van der Waals surface area contributed by atoms with E-state index in [0.29, 0.717) is 45.0 Å². The van der Waals surface area contributed by atoms with Gasteiger partial charge in [0.25, 0.3) is 0 Å². The molecule has 7 nitrogen and oxygen atoms in total. The summed E-state index contributed by atoms with van der Waals surface area (Å²) in [6.45, 7) is 2.06. The minimum absolute atomic E-state index is 0.411. The third-order valence-electron chi connectivity index (χ3n) is 10.7. The summed E-state index contributed by atoms with van der Waals surface area (Å²) < 4.78 is 4.58. The summed E-state index contributed by atoms with van der Waals surface area (Å²) in [6.07, 6.45) is 0. The molecular weight excluding hydrogens is 699 g/mol. The molecule has 10 rings (SSSR count). The van der Waals surface area contributed by atoms with Gasteiger partial charge in [-0.05, 0) is 91.3 Å². The van der Waals surface area contributed by atoms with Crippen molar-refractivity contribution in [3.05, 3.63) is 180 Å². The Kier molecular flexibility index (Phi) is 7.72. The summed E-state index contributed by atoms with van der Waals surface area (Å²) in [7, 11) is 0. The average molecular weight is 728 g/mol. The number of fused-ring (bicyclic) bond motifs is 6. The molecule has 0 aliphatic rings. The molecule has 3 heterocycles. The molecule has 10 aromatic rings. The second kappa shape index (κ2) is 13.2. The minimum Gasteiger partial charge on any atom is -0.309 e. The van der Waals surface area contributed by atoms with E-state index in [-0.39, 0.29) is 0 Å². The van der Waals surface area contributed by atoms with Gasteiger partial charge in [-0.25, -0.2) is 9.97 Å². The van der Waals surface area contributed by atoms with E-state index in [1.54, 1.807) is 30.3 Å². The van der Waals surface area contributed by atoms with Crippen LogP contribution in [0.25, 0.3) is 88.9 Å². The number of rotatable bonds is 5. The Morgan fingerprint density at radius 2 is 1.02 bits per heavy atom. The van der Waals surface area contributed by atoms with Crippen LogP contribution < -0.4 is 0 Å². The number of hydrogen-bond donors (Lipinski definition) is 0. The van der Waals surface area contributed by atoms with Crippen LogP contribution in [0.3, 0.4) is 0 Å². The average Bonchev–Trinajstić information content (AvgIpc) is 3.78. The fraction of sp³-hybridized carbons (Fsp3) is 0.0200. The van der Waals surface area contributed by atoms with Crippen LogP contribution in [0, 0.1) is 40.9 Å². The van der Waals surface area contributed by atoms with E-state index < -0.39 is 0 Å². The molecule has 3 aromatic heterocycles. The molecule has 264 valence electrons. The maximum atomic E-state index is 10.8. The van der Waals surface area contributed by atoms with Crippen molar-refractivity contribution < 1.29 is 0 Å². The highest BCUT2D eigenvalue weighted by molar-refractivity contribution is 6.12.